The van der Waals surface area contributed by atoms with Gasteiger partial charge >= 0.3 is 0 Å². The van der Waals surface area contributed by atoms with Crippen molar-refractivity contribution in [3.05, 3.63) is 89.8 Å². The molecule has 1 saturated heterocycles. The van der Waals surface area contributed by atoms with E-state index in [1.807, 2.05) is 31.2 Å². The largest absolute Gasteiger partial charge is 0.490 e. The Balaban J connectivity index is 1.39. The number of benzene rings is 3. The Morgan fingerprint density at radius 3 is 2.33 bits per heavy atom. The molecule has 0 aromatic heterocycles. The van der Waals surface area contributed by atoms with Crippen LogP contribution in [0.5, 0.6) is 5.75 Å². The summed E-state index contributed by atoms with van der Waals surface area (Å²) in [4.78, 5) is 0. The number of ether oxygens (including phenoxy) is 3. The third-order valence-corrected chi connectivity index (χ3v) is 7.12. The Bertz CT molecular complexity index is 1230. The van der Waals surface area contributed by atoms with Crippen molar-refractivity contribution in [1.29, 1.82) is 0 Å². The second kappa shape index (κ2) is 14.3. The first-order valence-corrected chi connectivity index (χ1v) is 13.9. The van der Waals surface area contributed by atoms with Crippen LogP contribution in [0.3, 0.4) is 0 Å². The Hall–Kier alpha value is -3.09. The van der Waals surface area contributed by atoms with Gasteiger partial charge in [0.25, 0.3) is 0 Å². The van der Waals surface area contributed by atoms with Crippen molar-refractivity contribution in [2.75, 3.05) is 19.8 Å². The molecule has 208 valence electrons. The van der Waals surface area contributed by atoms with E-state index in [9.17, 15) is 8.78 Å². The summed E-state index contributed by atoms with van der Waals surface area (Å²) in [5, 5.41) is 0. The van der Waals surface area contributed by atoms with Crippen molar-refractivity contribution in [2.45, 2.75) is 64.6 Å². The predicted molar refractivity (Wildman–Crippen MR) is 149 cm³/mol. The van der Waals surface area contributed by atoms with Crippen molar-refractivity contribution < 1.29 is 27.4 Å². The lowest BCUT2D eigenvalue weighted by Gasteiger charge is -2.29. The van der Waals surface area contributed by atoms with Crippen LogP contribution >= 0.6 is 0 Å². The summed E-state index contributed by atoms with van der Waals surface area (Å²) in [6.45, 7) is 5.33. The molecule has 39 heavy (non-hydrogen) atoms. The van der Waals surface area contributed by atoms with Crippen molar-refractivity contribution in [1.82, 2.24) is 0 Å². The topological polar surface area (TPSA) is 27.7 Å². The van der Waals surface area contributed by atoms with Gasteiger partial charge in [0.1, 0.15) is 5.82 Å². The average molecular weight is 539 g/mol. The molecule has 1 aliphatic rings. The number of allylic oxidation sites excluding steroid dienone is 1. The van der Waals surface area contributed by atoms with Crippen molar-refractivity contribution in [3.63, 3.8) is 0 Å². The molecule has 1 fully saturated rings. The molecule has 0 aliphatic carbocycles. The summed E-state index contributed by atoms with van der Waals surface area (Å²) in [7, 11) is 0. The van der Waals surface area contributed by atoms with Gasteiger partial charge < -0.3 is 14.2 Å². The molecular formula is C33H37F3O3. The molecule has 0 bridgehead atoms. The number of hydrogen-bond acceptors (Lipinski definition) is 3. The molecule has 0 N–H and O–H groups in total. The minimum Gasteiger partial charge on any atom is -0.490 e. The number of hydrogen-bond donors (Lipinski definition) is 0. The van der Waals surface area contributed by atoms with Crippen molar-refractivity contribution in [3.8, 4) is 28.0 Å². The molecule has 3 aromatic carbocycles. The zero-order valence-electron chi connectivity index (χ0n) is 22.7. The number of halogens is 3. The highest BCUT2D eigenvalue weighted by molar-refractivity contribution is 5.71. The Morgan fingerprint density at radius 2 is 1.64 bits per heavy atom. The molecule has 2 unspecified atom stereocenters. The van der Waals surface area contributed by atoms with Crippen LogP contribution in [0, 0.1) is 17.5 Å². The van der Waals surface area contributed by atoms with Gasteiger partial charge in [0.15, 0.2) is 17.9 Å². The molecule has 0 radical (unpaired) electrons. The van der Waals surface area contributed by atoms with Crippen LogP contribution in [0.1, 0.15) is 63.9 Å². The summed E-state index contributed by atoms with van der Waals surface area (Å²) in [5.74, 6) is -2.29. The molecule has 2 atom stereocenters. The van der Waals surface area contributed by atoms with Crippen molar-refractivity contribution >= 4 is 0 Å². The molecule has 3 aromatic rings. The van der Waals surface area contributed by atoms with E-state index in [1.54, 1.807) is 24.3 Å². The third kappa shape index (κ3) is 7.52. The molecule has 6 heteroatoms. The Kier molecular flexibility index (Phi) is 10.6. The summed E-state index contributed by atoms with van der Waals surface area (Å²) >= 11 is 0. The summed E-state index contributed by atoms with van der Waals surface area (Å²) in [5.41, 5.74) is 2.82. The zero-order valence-corrected chi connectivity index (χ0v) is 22.7. The second-order valence-electron chi connectivity index (χ2n) is 9.90. The predicted octanol–water partition coefficient (Wildman–Crippen LogP) is 9.21. The Morgan fingerprint density at radius 1 is 0.872 bits per heavy atom. The van der Waals surface area contributed by atoms with Crippen LogP contribution in [0.4, 0.5) is 13.2 Å². The minimum absolute atomic E-state index is 0.0239. The lowest BCUT2D eigenvalue weighted by molar-refractivity contribution is -0.160. The van der Waals surface area contributed by atoms with E-state index < -0.39 is 11.6 Å². The fourth-order valence-corrected chi connectivity index (χ4v) is 4.82. The fourth-order valence-electron chi connectivity index (χ4n) is 4.82. The normalized spacial score (nSPS) is 17.6. The van der Waals surface area contributed by atoms with Crippen LogP contribution < -0.4 is 4.74 Å². The third-order valence-electron chi connectivity index (χ3n) is 7.12. The maximum absolute atomic E-state index is 15.1. The van der Waals surface area contributed by atoms with E-state index >= 15 is 4.39 Å². The van der Waals surface area contributed by atoms with E-state index in [2.05, 4.69) is 6.92 Å². The fraction of sp³-hybridized carbons (Fsp3) is 0.394. The van der Waals surface area contributed by atoms with Crippen LogP contribution in [0.25, 0.3) is 22.3 Å². The van der Waals surface area contributed by atoms with Gasteiger partial charge in [0.05, 0.1) is 19.8 Å². The molecule has 0 spiro atoms. The van der Waals surface area contributed by atoms with Gasteiger partial charge in [-0.15, -0.1) is 0 Å². The van der Waals surface area contributed by atoms with Gasteiger partial charge in [-0.2, -0.15) is 4.39 Å². The van der Waals surface area contributed by atoms with Gasteiger partial charge in [-0.25, -0.2) is 8.78 Å². The minimum atomic E-state index is -0.980. The van der Waals surface area contributed by atoms with Gasteiger partial charge in [0.2, 0.25) is 5.82 Å². The van der Waals surface area contributed by atoms with Gasteiger partial charge in [0, 0.05) is 11.5 Å². The van der Waals surface area contributed by atoms with Gasteiger partial charge in [-0.1, -0.05) is 74.7 Å². The lowest BCUT2D eigenvalue weighted by Crippen LogP contribution is -2.27. The van der Waals surface area contributed by atoms with E-state index in [4.69, 9.17) is 14.2 Å². The van der Waals surface area contributed by atoms with E-state index in [0.717, 1.165) is 37.7 Å². The lowest BCUT2D eigenvalue weighted by atomic mass is 9.91. The smallest absolute Gasteiger partial charge is 0.201 e. The second-order valence-corrected chi connectivity index (χ2v) is 9.90. The molecule has 1 heterocycles. The summed E-state index contributed by atoms with van der Waals surface area (Å²) in [6.07, 6.45) is 9.10. The first-order chi connectivity index (χ1) is 19.0. The number of unbranched alkanes of at least 4 members (excludes halogenated alkanes) is 3. The highest BCUT2D eigenvalue weighted by Crippen LogP contribution is 2.34. The van der Waals surface area contributed by atoms with Crippen LogP contribution in [0.2, 0.25) is 0 Å². The Labute approximate surface area is 229 Å². The maximum Gasteiger partial charge on any atom is 0.201 e. The monoisotopic (exact) mass is 538 g/mol. The highest BCUT2D eigenvalue weighted by atomic mass is 19.2. The average Bonchev–Trinajstić information content (AvgIpc) is 2.96. The summed E-state index contributed by atoms with van der Waals surface area (Å²) < 4.78 is 61.5. The van der Waals surface area contributed by atoms with E-state index in [1.165, 1.54) is 18.2 Å². The highest BCUT2D eigenvalue weighted by Gasteiger charge is 2.25. The molecule has 3 nitrogen and oxygen atoms in total. The zero-order chi connectivity index (χ0) is 27.6. The van der Waals surface area contributed by atoms with Crippen LogP contribution in [0.15, 0.2) is 66.7 Å². The first kappa shape index (κ1) is 28.9. The van der Waals surface area contributed by atoms with Gasteiger partial charge in [-0.3, -0.25) is 0 Å². The van der Waals surface area contributed by atoms with Crippen LogP contribution in [-0.4, -0.2) is 26.1 Å². The molecule has 0 amide bonds. The first-order valence-electron chi connectivity index (χ1n) is 13.9. The van der Waals surface area contributed by atoms with E-state index in [-0.39, 0.29) is 29.3 Å². The van der Waals surface area contributed by atoms with E-state index in [0.29, 0.717) is 42.9 Å². The quantitative estimate of drug-likeness (QED) is 0.170. The standard InChI is InChI=1S/C33H37F3O3/c1-3-5-7-8-20-37-30-17-16-28(32(35)33(30)36)24-11-9-23(10-12-24)25-13-15-27(29(34)21-25)26-14-18-31(39-22-26)38-19-6-4-2/h4,6,9-13,15-17,21,26,31H,3,5,7-8,14,18-20,22H2,1-2H3. The molecular weight excluding hydrogens is 501 g/mol. The molecule has 4 rings (SSSR count). The maximum atomic E-state index is 15.1. The van der Waals surface area contributed by atoms with Crippen molar-refractivity contribution in [2.24, 2.45) is 0 Å². The van der Waals surface area contributed by atoms with Gasteiger partial charge in [-0.05, 0) is 66.6 Å². The SMILES string of the molecule is CC=CCOC1CCC(c2ccc(-c3ccc(-c4ccc(OCCCCCC)c(F)c4F)cc3)cc2F)CO1. The summed E-state index contributed by atoms with van der Waals surface area (Å²) in [6, 6.07) is 15.2. The van der Waals surface area contributed by atoms with Crippen LogP contribution in [-0.2, 0) is 9.47 Å². The number of rotatable bonds is 12. The molecule has 0 saturated carbocycles. The molecule has 1 aliphatic heterocycles.